The lowest BCUT2D eigenvalue weighted by Crippen LogP contribution is -2.65. The average molecular weight is 424 g/mol. The number of halogens is 2. The van der Waals surface area contributed by atoms with Crippen LogP contribution in [0.3, 0.4) is 0 Å². The lowest BCUT2D eigenvalue weighted by Gasteiger charge is -2.58. The molecular formula is C22H31ClFN3O2. The summed E-state index contributed by atoms with van der Waals surface area (Å²) in [6.45, 7) is 8.28. The van der Waals surface area contributed by atoms with Crippen molar-refractivity contribution in [2.75, 3.05) is 25.0 Å². The van der Waals surface area contributed by atoms with Crippen molar-refractivity contribution in [1.29, 1.82) is 0 Å². The number of hydrogen-bond donors (Lipinski definition) is 2. The van der Waals surface area contributed by atoms with Crippen LogP contribution in [0.4, 0.5) is 10.1 Å². The second-order valence-corrected chi connectivity index (χ2v) is 9.30. The number of hydrogen-bond acceptors (Lipinski definition) is 3. The van der Waals surface area contributed by atoms with Gasteiger partial charge in [0.1, 0.15) is 5.82 Å². The molecule has 0 radical (unpaired) electrons. The third kappa shape index (κ3) is 5.10. The molecule has 0 atom stereocenters. The predicted molar refractivity (Wildman–Crippen MR) is 113 cm³/mol. The van der Waals surface area contributed by atoms with E-state index in [0.717, 1.165) is 38.8 Å². The lowest BCUT2D eigenvalue weighted by molar-refractivity contribution is -0.145. The summed E-state index contributed by atoms with van der Waals surface area (Å²) in [7, 11) is 0. The van der Waals surface area contributed by atoms with Gasteiger partial charge in [-0.1, -0.05) is 25.4 Å². The van der Waals surface area contributed by atoms with Gasteiger partial charge in [-0.2, -0.15) is 0 Å². The molecule has 0 aromatic heterocycles. The standard InChI is InChI=1S/C20H25ClFN3O2.C2H6/c1-19(3-2-4-19)24-17(26)10-25-11-20(12-25)8-13(9-20)18(27)23-16-6-14(21)5-15(22)7-16;1-2/h5-7,13H,2-4,8-12H2,1H3,(H,23,27)(H,24,26);1-2H3. The number of benzene rings is 1. The van der Waals surface area contributed by atoms with E-state index in [1.165, 1.54) is 18.6 Å². The van der Waals surface area contributed by atoms with Crippen LogP contribution in [0.1, 0.15) is 52.9 Å². The van der Waals surface area contributed by atoms with Crippen LogP contribution in [0.15, 0.2) is 18.2 Å². The number of anilines is 1. The summed E-state index contributed by atoms with van der Waals surface area (Å²) in [5, 5.41) is 6.15. The van der Waals surface area contributed by atoms with Crippen LogP contribution >= 0.6 is 11.6 Å². The van der Waals surface area contributed by atoms with E-state index in [1.54, 1.807) is 6.07 Å². The number of carbonyl (C=O) groups is 2. The van der Waals surface area contributed by atoms with E-state index < -0.39 is 5.82 Å². The molecule has 1 heterocycles. The Hall–Kier alpha value is -1.66. The minimum atomic E-state index is -0.466. The van der Waals surface area contributed by atoms with Crippen LogP contribution in [-0.2, 0) is 9.59 Å². The Morgan fingerprint density at radius 3 is 2.41 bits per heavy atom. The Morgan fingerprint density at radius 1 is 1.21 bits per heavy atom. The highest BCUT2D eigenvalue weighted by molar-refractivity contribution is 6.30. The highest BCUT2D eigenvalue weighted by atomic mass is 35.5. The van der Waals surface area contributed by atoms with E-state index in [4.69, 9.17) is 11.6 Å². The van der Waals surface area contributed by atoms with Crippen molar-refractivity contribution >= 4 is 29.1 Å². The van der Waals surface area contributed by atoms with Crippen molar-refractivity contribution in [3.63, 3.8) is 0 Å². The van der Waals surface area contributed by atoms with E-state index >= 15 is 0 Å². The summed E-state index contributed by atoms with van der Waals surface area (Å²) in [5.41, 5.74) is 0.559. The first kappa shape index (κ1) is 22.0. The van der Waals surface area contributed by atoms with Crippen LogP contribution in [0.25, 0.3) is 0 Å². The zero-order valence-electron chi connectivity index (χ0n) is 17.5. The molecule has 1 spiro atoms. The molecule has 1 aromatic carbocycles. The van der Waals surface area contributed by atoms with Crippen LogP contribution in [0.5, 0.6) is 0 Å². The van der Waals surface area contributed by atoms with Crippen molar-refractivity contribution < 1.29 is 14.0 Å². The molecule has 2 saturated carbocycles. The van der Waals surface area contributed by atoms with Crippen LogP contribution < -0.4 is 10.6 Å². The normalized spacial score (nSPS) is 21.7. The maximum Gasteiger partial charge on any atom is 0.234 e. The molecule has 2 N–H and O–H groups in total. The van der Waals surface area contributed by atoms with Crippen LogP contribution in [0.2, 0.25) is 5.02 Å². The summed E-state index contributed by atoms with van der Waals surface area (Å²) in [6.07, 6.45) is 4.95. The van der Waals surface area contributed by atoms with Gasteiger partial charge in [-0.25, -0.2) is 4.39 Å². The van der Waals surface area contributed by atoms with Gasteiger partial charge >= 0.3 is 0 Å². The molecule has 5 nitrogen and oxygen atoms in total. The number of nitrogens with zero attached hydrogens (tertiary/aromatic N) is 1. The quantitative estimate of drug-likeness (QED) is 0.745. The lowest BCUT2D eigenvalue weighted by atomic mass is 9.57. The van der Waals surface area contributed by atoms with E-state index in [-0.39, 0.29) is 33.7 Å². The number of amides is 2. The average Bonchev–Trinajstić information content (AvgIpc) is 2.55. The molecule has 3 fully saturated rings. The third-order valence-corrected chi connectivity index (χ3v) is 6.46. The summed E-state index contributed by atoms with van der Waals surface area (Å²) >= 11 is 5.82. The number of rotatable bonds is 5. The summed E-state index contributed by atoms with van der Waals surface area (Å²) < 4.78 is 13.4. The van der Waals surface area contributed by atoms with E-state index in [0.29, 0.717) is 12.2 Å². The summed E-state index contributed by atoms with van der Waals surface area (Å²) in [4.78, 5) is 26.6. The molecule has 0 bridgehead atoms. The first-order valence-electron chi connectivity index (χ1n) is 10.5. The monoisotopic (exact) mass is 423 g/mol. The Morgan fingerprint density at radius 2 is 1.86 bits per heavy atom. The van der Waals surface area contributed by atoms with Crippen LogP contribution in [0, 0.1) is 17.2 Å². The second kappa shape index (κ2) is 8.60. The van der Waals surface area contributed by atoms with Gasteiger partial charge in [-0.3, -0.25) is 14.5 Å². The molecule has 2 aliphatic carbocycles. The van der Waals surface area contributed by atoms with Gasteiger partial charge in [0.15, 0.2) is 0 Å². The highest BCUT2D eigenvalue weighted by Gasteiger charge is 2.54. The molecule has 160 valence electrons. The summed E-state index contributed by atoms with van der Waals surface area (Å²) in [5.74, 6) is -0.511. The molecule has 1 saturated heterocycles. The maximum absolute atomic E-state index is 13.4. The number of carbonyl (C=O) groups excluding carboxylic acids is 2. The van der Waals surface area contributed by atoms with Crippen molar-refractivity contribution in [2.24, 2.45) is 11.3 Å². The van der Waals surface area contributed by atoms with E-state index in [1.807, 2.05) is 13.8 Å². The topological polar surface area (TPSA) is 61.4 Å². The molecule has 4 rings (SSSR count). The van der Waals surface area contributed by atoms with Crippen LogP contribution in [-0.4, -0.2) is 41.9 Å². The molecular weight excluding hydrogens is 393 g/mol. The molecule has 29 heavy (non-hydrogen) atoms. The molecule has 1 aliphatic heterocycles. The minimum absolute atomic E-state index is 0.000893. The van der Waals surface area contributed by atoms with Gasteiger partial charge in [0.2, 0.25) is 11.8 Å². The van der Waals surface area contributed by atoms with Gasteiger partial charge in [-0.15, -0.1) is 0 Å². The van der Waals surface area contributed by atoms with Gasteiger partial charge < -0.3 is 10.6 Å². The highest BCUT2D eigenvalue weighted by Crippen LogP contribution is 2.52. The zero-order chi connectivity index (χ0) is 21.2. The Bertz CT molecular complexity index is 747. The SMILES string of the molecule is CC.CC1(NC(=O)CN2CC3(CC(C(=O)Nc4cc(F)cc(Cl)c4)C3)C2)CCC1. The first-order chi connectivity index (χ1) is 13.7. The fourth-order valence-corrected chi connectivity index (χ4v) is 4.95. The molecule has 2 amide bonds. The van der Waals surface area contributed by atoms with Gasteiger partial charge in [-0.05, 0) is 62.6 Å². The molecule has 7 heteroatoms. The Balaban J connectivity index is 0.00000117. The smallest absolute Gasteiger partial charge is 0.234 e. The van der Waals surface area contributed by atoms with Gasteiger partial charge in [0, 0.05) is 35.3 Å². The first-order valence-corrected chi connectivity index (χ1v) is 10.9. The molecule has 3 aliphatic rings. The molecule has 1 aromatic rings. The van der Waals surface area contributed by atoms with Crippen molar-refractivity contribution in [3.05, 3.63) is 29.0 Å². The van der Waals surface area contributed by atoms with E-state index in [2.05, 4.69) is 22.5 Å². The number of likely N-dealkylation sites (tertiary alicyclic amines) is 1. The largest absolute Gasteiger partial charge is 0.350 e. The maximum atomic E-state index is 13.4. The fourth-order valence-electron chi connectivity index (χ4n) is 4.73. The zero-order valence-corrected chi connectivity index (χ0v) is 18.2. The second-order valence-electron chi connectivity index (χ2n) is 8.86. The van der Waals surface area contributed by atoms with E-state index in [9.17, 15) is 14.0 Å². The third-order valence-electron chi connectivity index (χ3n) is 6.24. The fraction of sp³-hybridized carbons (Fsp3) is 0.636. The van der Waals surface area contributed by atoms with Gasteiger partial charge in [0.25, 0.3) is 0 Å². The predicted octanol–water partition coefficient (Wildman–Crippen LogP) is 4.21. The van der Waals surface area contributed by atoms with Crippen molar-refractivity contribution in [2.45, 2.75) is 58.4 Å². The minimum Gasteiger partial charge on any atom is -0.350 e. The van der Waals surface area contributed by atoms with Crippen molar-refractivity contribution in [3.8, 4) is 0 Å². The number of nitrogens with one attached hydrogen (secondary N) is 2. The van der Waals surface area contributed by atoms with Crippen molar-refractivity contribution in [1.82, 2.24) is 10.2 Å². The molecule has 0 unspecified atom stereocenters. The Labute approximate surface area is 177 Å². The summed E-state index contributed by atoms with van der Waals surface area (Å²) in [6, 6.07) is 4.02. The van der Waals surface area contributed by atoms with Gasteiger partial charge in [0.05, 0.1) is 6.54 Å². The Kier molecular flexibility index (Phi) is 6.54.